The van der Waals surface area contributed by atoms with Crippen LogP contribution in [-0.4, -0.2) is 49.3 Å². The van der Waals surface area contributed by atoms with Gasteiger partial charge in [-0.3, -0.25) is 18.6 Å². The third-order valence-corrected chi connectivity index (χ3v) is 15.8. The van der Waals surface area contributed by atoms with Crippen LogP contribution >= 0.6 is 7.82 Å². The SMILES string of the molecule is CC/C=C\C/C=C\C/C=C\C/C=C\C/C=C\C/C=C\C/C=C\C/C=C\C/C=C\C/C=C\CCCCC(=O)OC(COC(=O)CCCCCCCCCCCCCCCCCC/C=C\C/C=C\C/C=C\C/C=C\C/C=C\C/C=C\C/C=C\C/C=C\CC)COP(=O)(O)OCCN. The van der Waals surface area contributed by atoms with Crippen LogP contribution in [0.1, 0.15) is 271 Å². The van der Waals surface area contributed by atoms with Gasteiger partial charge in [-0.25, -0.2) is 4.57 Å². The number of allylic oxidation sites excluding steroid dienone is 36. The van der Waals surface area contributed by atoms with Gasteiger partial charge in [0.15, 0.2) is 6.10 Å². The lowest BCUT2D eigenvalue weighted by Gasteiger charge is -2.19. The number of hydrogen-bond acceptors (Lipinski definition) is 8. The van der Waals surface area contributed by atoms with Crippen LogP contribution in [0.3, 0.4) is 0 Å². The van der Waals surface area contributed by atoms with Crippen LogP contribution < -0.4 is 5.73 Å². The molecule has 0 saturated carbocycles. The summed E-state index contributed by atoms with van der Waals surface area (Å²) in [6, 6.07) is 0. The predicted molar refractivity (Wildman–Crippen MR) is 412 cm³/mol. The molecule has 95 heavy (non-hydrogen) atoms. The molecule has 2 atom stereocenters. The predicted octanol–water partition coefficient (Wildman–Crippen LogP) is 25.2. The van der Waals surface area contributed by atoms with Gasteiger partial charge in [0.2, 0.25) is 0 Å². The summed E-state index contributed by atoms with van der Waals surface area (Å²) < 4.78 is 33.1. The van der Waals surface area contributed by atoms with Gasteiger partial charge in [0.05, 0.1) is 13.2 Å². The number of phosphoric ester groups is 1. The van der Waals surface area contributed by atoms with E-state index in [1.54, 1.807) is 0 Å². The number of nitrogens with two attached hydrogens (primary N) is 1. The summed E-state index contributed by atoms with van der Waals surface area (Å²) in [5, 5.41) is 0. The number of rotatable bonds is 67. The van der Waals surface area contributed by atoms with Gasteiger partial charge in [-0.2, -0.15) is 0 Å². The van der Waals surface area contributed by atoms with Crippen LogP contribution in [0.4, 0.5) is 0 Å². The monoisotopic (exact) mass is 1330 g/mol. The molecule has 2 unspecified atom stereocenters. The minimum Gasteiger partial charge on any atom is -0.462 e. The fourth-order valence-electron chi connectivity index (χ4n) is 9.44. The van der Waals surface area contributed by atoms with Crippen molar-refractivity contribution in [1.29, 1.82) is 0 Å². The van der Waals surface area contributed by atoms with Crippen LogP contribution in [0.5, 0.6) is 0 Å². The molecule has 532 valence electrons. The number of carbonyl (C=O) groups is 2. The maximum atomic E-state index is 12.8. The quantitative estimate of drug-likeness (QED) is 0.0264. The zero-order valence-electron chi connectivity index (χ0n) is 59.8. The van der Waals surface area contributed by atoms with E-state index in [1.165, 1.54) is 83.5 Å². The minimum absolute atomic E-state index is 0.0357. The first-order valence-electron chi connectivity index (χ1n) is 37.2. The topological polar surface area (TPSA) is 134 Å². The first-order chi connectivity index (χ1) is 46.8. The van der Waals surface area contributed by atoms with E-state index in [2.05, 4.69) is 233 Å². The Hall–Kier alpha value is -5.67. The molecule has 9 nitrogen and oxygen atoms in total. The van der Waals surface area contributed by atoms with E-state index in [0.29, 0.717) is 12.8 Å². The second-order valence-electron chi connectivity index (χ2n) is 23.7. The third-order valence-electron chi connectivity index (χ3n) is 14.9. The summed E-state index contributed by atoms with van der Waals surface area (Å²) >= 11 is 0. The zero-order chi connectivity index (χ0) is 68.6. The molecule has 0 radical (unpaired) electrons. The molecular formula is C85H134NO8P. The second kappa shape index (κ2) is 77.3. The molecule has 0 aliphatic heterocycles. The summed E-state index contributed by atoms with van der Waals surface area (Å²) in [6.07, 6.45) is 120. The smallest absolute Gasteiger partial charge is 0.462 e. The van der Waals surface area contributed by atoms with Crippen molar-refractivity contribution < 1.29 is 37.6 Å². The van der Waals surface area contributed by atoms with Gasteiger partial charge in [0.25, 0.3) is 0 Å². The molecule has 0 aromatic carbocycles. The Morgan fingerprint density at radius 1 is 0.316 bits per heavy atom. The molecule has 0 bridgehead atoms. The summed E-state index contributed by atoms with van der Waals surface area (Å²) in [4.78, 5) is 35.4. The van der Waals surface area contributed by atoms with E-state index < -0.39 is 32.5 Å². The van der Waals surface area contributed by atoms with Gasteiger partial charge in [-0.15, -0.1) is 0 Å². The van der Waals surface area contributed by atoms with E-state index in [9.17, 15) is 19.0 Å². The van der Waals surface area contributed by atoms with Gasteiger partial charge in [0, 0.05) is 19.4 Å². The molecule has 10 heteroatoms. The van der Waals surface area contributed by atoms with Crippen LogP contribution in [-0.2, 0) is 32.7 Å². The molecule has 0 saturated heterocycles. The Morgan fingerprint density at radius 2 is 0.547 bits per heavy atom. The van der Waals surface area contributed by atoms with E-state index >= 15 is 0 Å². The Bertz CT molecular complexity index is 2370. The van der Waals surface area contributed by atoms with Gasteiger partial charge >= 0.3 is 19.8 Å². The molecule has 0 aromatic rings. The number of hydrogen-bond donors (Lipinski definition) is 2. The standard InChI is InChI=1S/C85H134NO8P/c1-3-5-7-9-11-13-15-17-19-21-23-25-27-29-31-33-35-37-38-39-40-41-42-43-44-46-47-49-51-53-55-57-59-61-63-65-67-69-71-73-75-77-84(87)91-81-83(82-93-95(89,90)92-80-79-86)94-85(88)78-76-74-72-70-68-66-64-62-60-58-56-54-52-50-48-45-36-34-32-30-28-26-24-22-20-18-16-14-12-10-8-6-4-2/h5-8,11-14,17-20,23-26,29-32,35-37,39-40,42-43,45,50,52,56,58,62,64,68,70,83H,3-4,9-10,15-16,21-22,27-28,33-34,38,41,44,46-49,51,53-55,57,59-61,63,65-67,69,71-82,86H2,1-2H3,(H,89,90)/b7-5-,8-6-,13-11-,14-12-,19-17-,20-18-,25-23-,26-24-,31-29-,32-30-,37-35-,40-39-,43-42-,45-36-,52-50-,58-56-,64-62-,70-68-. The molecule has 3 N–H and O–H groups in total. The number of esters is 2. The van der Waals surface area contributed by atoms with Crippen molar-refractivity contribution in [3.63, 3.8) is 0 Å². The molecule has 0 spiro atoms. The first-order valence-corrected chi connectivity index (χ1v) is 38.7. The Kier molecular flexibility index (Phi) is 72.7. The van der Waals surface area contributed by atoms with Crippen LogP contribution in [0, 0.1) is 0 Å². The van der Waals surface area contributed by atoms with E-state index in [1.807, 2.05) is 0 Å². The highest BCUT2D eigenvalue weighted by Crippen LogP contribution is 2.43. The van der Waals surface area contributed by atoms with Gasteiger partial charge in [-0.05, 0) is 154 Å². The summed E-state index contributed by atoms with van der Waals surface area (Å²) in [6.45, 7) is 3.45. The normalized spacial score (nSPS) is 14.2. The fraction of sp³-hybridized carbons (Fsp3) is 0.553. The van der Waals surface area contributed by atoms with Crippen LogP contribution in [0.15, 0.2) is 219 Å². The zero-order valence-corrected chi connectivity index (χ0v) is 60.7. The third kappa shape index (κ3) is 77.2. The number of carbonyl (C=O) groups excluding carboxylic acids is 2. The van der Waals surface area contributed by atoms with Gasteiger partial charge < -0.3 is 20.1 Å². The number of unbranched alkanes of at least 4 members (excludes halogenated alkanes) is 18. The summed E-state index contributed by atoms with van der Waals surface area (Å²) in [7, 11) is -4.42. The second-order valence-corrected chi connectivity index (χ2v) is 25.1. The van der Waals surface area contributed by atoms with Crippen molar-refractivity contribution in [2.75, 3.05) is 26.4 Å². The maximum Gasteiger partial charge on any atom is 0.472 e. The van der Waals surface area contributed by atoms with Crippen LogP contribution in [0.2, 0.25) is 0 Å². The largest absolute Gasteiger partial charge is 0.472 e. The van der Waals surface area contributed by atoms with Gasteiger partial charge in [-0.1, -0.05) is 322 Å². The number of phosphoric acid groups is 1. The first kappa shape index (κ1) is 89.3. The van der Waals surface area contributed by atoms with Crippen molar-refractivity contribution in [3.8, 4) is 0 Å². The molecule has 0 rings (SSSR count). The van der Waals surface area contributed by atoms with Crippen molar-refractivity contribution >= 4 is 19.8 Å². The Labute approximate surface area is 581 Å². The van der Waals surface area contributed by atoms with Crippen molar-refractivity contribution in [2.24, 2.45) is 5.73 Å². The maximum absolute atomic E-state index is 12.8. The number of ether oxygens (including phenoxy) is 2. The molecule has 0 heterocycles. The van der Waals surface area contributed by atoms with E-state index in [0.717, 1.165) is 148 Å². The highest BCUT2D eigenvalue weighted by atomic mass is 31.2. The molecule has 0 aliphatic carbocycles. The lowest BCUT2D eigenvalue weighted by Crippen LogP contribution is -2.29. The fourth-order valence-corrected chi connectivity index (χ4v) is 10.2. The lowest BCUT2D eigenvalue weighted by atomic mass is 10.0. The molecular weight excluding hydrogens is 1190 g/mol. The summed E-state index contributed by atoms with van der Waals surface area (Å²) in [5.41, 5.74) is 5.40. The Morgan fingerprint density at radius 3 is 0.832 bits per heavy atom. The average Bonchev–Trinajstić information content (AvgIpc) is 3.25. The van der Waals surface area contributed by atoms with E-state index in [-0.39, 0.29) is 32.6 Å². The molecule has 0 amide bonds. The highest BCUT2D eigenvalue weighted by molar-refractivity contribution is 7.47. The molecule has 0 aliphatic rings. The summed E-state index contributed by atoms with van der Waals surface area (Å²) in [5.74, 6) is -0.890. The van der Waals surface area contributed by atoms with Gasteiger partial charge in [0.1, 0.15) is 6.61 Å². The van der Waals surface area contributed by atoms with E-state index in [4.69, 9.17) is 24.3 Å². The van der Waals surface area contributed by atoms with Crippen molar-refractivity contribution in [3.05, 3.63) is 219 Å². The van der Waals surface area contributed by atoms with Crippen molar-refractivity contribution in [2.45, 2.75) is 277 Å². The minimum atomic E-state index is -4.42. The van der Waals surface area contributed by atoms with Crippen molar-refractivity contribution in [1.82, 2.24) is 0 Å². The molecule has 0 fully saturated rings. The Balaban J connectivity index is 3.99. The average molecular weight is 1330 g/mol. The lowest BCUT2D eigenvalue weighted by molar-refractivity contribution is -0.161. The molecule has 0 aromatic heterocycles. The highest BCUT2D eigenvalue weighted by Gasteiger charge is 2.26. The van der Waals surface area contributed by atoms with Crippen LogP contribution in [0.25, 0.3) is 0 Å².